The van der Waals surface area contributed by atoms with Crippen LogP contribution in [0.15, 0.2) is 39.9 Å². The van der Waals surface area contributed by atoms with E-state index in [1.807, 2.05) is 36.6 Å². The fourth-order valence-corrected chi connectivity index (χ4v) is 4.62. The highest BCUT2D eigenvalue weighted by atomic mass is 32.2. The number of nitrogens with one attached hydrogen (secondary N) is 1. The Morgan fingerprint density at radius 2 is 1.85 bits per heavy atom. The summed E-state index contributed by atoms with van der Waals surface area (Å²) in [5.74, 6) is 1.19. The highest BCUT2D eigenvalue weighted by Gasteiger charge is 2.09. The number of hydrogen-bond donors (Lipinski definition) is 1. The summed E-state index contributed by atoms with van der Waals surface area (Å²) in [6.45, 7) is 6.72. The van der Waals surface area contributed by atoms with Crippen LogP contribution >= 0.6 is 34.4 Å². The molecule has 0 saturated carbocycles. The Balaban J connectivity index is 1.51. The second-order valence-corrected chi connectivity index (χ2v) is 9.19. The van der Waals surface area contributed by atoms with Gasteiger partial charge in [0.1, 0.15) is 0 Å². The molecule has 0 aliphatic heterocycles. The van der Waals surface area contributed by atoms with E-state index in [-0.39, 0.29) is 5.91 Å². The summed E-state index contributed by atoms with van der Waals surface area (Å²) < 4.78 is 0. The van der Waals surface area contributed by atoms with Gasteiger partial charge in [-0.05, 0) is 31.2 Å². The van der Waals surface area contributed by atoms with E-state index in [1.165, 1.54) is 0 Å². The average Bonchev–Trinajstić information content (AvgIpc) is 3.27. The predicted molar refractivity (Wildman–Crippen MR) is 110 cm³/mol. The molecule has 2 aromatic heterocycles. The van der Waals surface area contributed by atoms with Gasteiger partial charge in [0.25, 0.3) is 5.91 Å². The Morgan fingerprint density at radius 3 is 2.46 bits per heavy atom. The molecule has 2 heterocycles. The minimum absolute atomic E-state index is 0.0734. The second kappa shape index (κ2) is 8.79. The summed E-state index contributed by atoms with van der Waals surface area (Å²) in [4.78, 5) is 22.4. The molecule has 0 radical (unpaired) electrons. The maximum atomic E-state index is 12.3. The van der Waals surface area contributed by atoms with Crippen LogP contribution in [0.5, 0.6) is 0 Å². The third-order valence-electron chi connectivity index (χ3n) is 3.66. The van der Waals surface area contributed by atoms with Gasteiger partial charge in [-0.2, -0.15) is 0 Å². The summed E-state index contributed by atoms with van der Waals surface area (Å²) >= 11 is 5.04. The minimum atomic E-state index is -0.0734. The Morgan fingerprint density at radius 1 is 1.12 bits per heavy atom. The molecule has 0 fully saturated rings. The van der Waals surface area contributed by atoms with Crippen LogP contribution in [0.2, 0.25) is 0 Å². The quantitative estimate of drug-likeness (QED) is 0.547. The highest BCUT2D eigenvalue weighted by molar-refractivity contribution is 7.98. The van der Waals surface area contributed by atoms with Crippen molar-refractivity contribution in [3.8, 4) is 0 Å². The second-order valence-electron chi connectivity index (χ2n) is 6.19. The van der Waals surface area contributed by atoms with Gasteiger partial charge in [0.15, 0.2) is 0 Å². The zero-order valence-electron chi connectivity index (χ0n) is 15.0. The number of hydrogen-bond acceptors (Lipinski definition) is 6. The molecule has 0 unspecified atom stereocenters. The lowest BCUT2D eigenvalue weighted by Crippen LogP contribution is -2.22. The Kier molecular flexibility index (Phi) is 6.45. The number of thioether (sulfide) groups is 1. The molecule has 4 nitrogen and oxygen atoms in total. The van der Waals surface area contributed by atoms with E-state index in [0.717, 1.165) is 32.1 Å². The van der Waals surface area contributed by atoms with Gasteiger partial charge in [-0.25, -0.2) is 9.97 Å². The SMILES string of the molecule is Cc1nc(CSc2ccc(C(=O)NCc3csc(C(C)C)n3)cc2)cs1. The van der Waals surface area contributed by atoms with Crippen molar-refractivity contribution in [3.05, 3.63) is 62.0 Å². The lowest BCUT2D eigenvalue weighted by Gasteiger charge is -2.05. The molecule has 136 valence electrons. The van der Waals surface area contributed by atoms with Crippen LogP contribution in [0.1, 0.15) is 51.5 Å². The fraction of sp³-hybridized carbons (Fsp3) is 0.316. The maximum absolute atomic E-state index is 12.3. The van der Waals surface area contributed by atoms with Crippen molar-refractivity contribution < 1.29 is 4.79 Å². The van der Waals surface area contributed by atoms with Crippen LogP contribution in [0, 0.1) is 6.92 Å². The van der Waals surface area contributed by atoms with Gasteiger partial charge in [-0.1, -0.05) is 13.8 Å². The van der Waals surface area contributed by atoms with Crippen molar-refractivity contribution in [2.45, 2.75) is 43.9 Å². The van der Waals surface area contributed by atoms with Crippen molar-refractivity contribution in [2.75, 3.05) is 0 Å². The molecule has 0 aliphatic carbocycles. The van der Waals surface area contributed by atoms with Crippen LogP contribution in [-0.2, 0) is 12.3 Å². The number of aryl methyl sites for hydroxylation is 1. The zero-order valence-corrected chi connectivity index (χ0v) is 17.4. The number of amides is 1. The van der Waals surface area contributed by atoms with Crippen molar-refractivity contribution in [1.29, 1.82) is 0 Å². The van der Waals surface area contributed by atoms with E-state index < -0.39 is 0 Å². The van der Waals surface area contributed by atoms with Crippen molar-refractivity contribution >= 4 is 40.3 Å². The molecule has 26 heavy (non-hydrogen) atoms. The molecular formula is C19H21N3OS3. The van der Waals surface area contributed by atoms with Crippen LogP contribution in [-0.4, -0.2) is 15.9 Å². The van der Waals surface area contributed by atoms with Gasteiger partial charge in [-0.3, -0.25) is 4.79 Å². The molecular weight excluding hydrogens is 382 g/mol. The maximum Gasteiger partial charge on any atom is 0.251 e. The van der Waals surface area contributed by atoms with E-state index in [4.69, 9.17) is 0 Å². The average molecular weight is 404 g/mol. The Bertz CT molecular complexity index is 868. The van der Waals surface area contributed by atoms with E-state index >= 15 is 0 Å². The molecule has 1 aromatic carbocycles. The van der Waals surface area contributed by atoms with Gasteiger partial charge in [-0.15, -0.1) is 34.4 Å². The number of carbonyl (C=O) groups excluding carboxylic acids is 1. The summed E-state index contributed by atoms with van der Waals surface area (Å²) in [7, 11) is 0. The van der Waals surface area contributed by atoms with Crippen molar-refractivity contribution in [2.24, 2.45) is 0 Å². The van der Waals surface area contributed by atoms with E-state index in [2.05, 4.69) is 34.5 Å². The Labute approximate surface area is 166 Å². The molecule has 3 aromatic rings. The predicted octanol–water partition coefficient (Wildman–Crippen LogP) is 5.25. The molecule has 0 spiro atoms. The number of aromatic nitrogens is 2. The summed E-state index contributed by atoms with van der Waals surface area (Å²) in [5, 5.41) is 9.23. The fourth-order valence-electron chi connectivity index (χ4n) is 2.28. The molecule has 1 amide bonds. The van der Waals surface area contributed by atoms with Crippen molar-refractivity contribution in [1.82, 2.24) is 15.3 Å². The molecule has 0 bridgehead atoms. The highest BCUT2D eigenvalue weighted by Crippen LogP contribution is 2.24. The van der Waals surface area contributed by atoms with E-state index in [0.29, 0.717) is 18.0 Å². The van der Waals surface area contributed by atoms with Crippen LogP contribution in [0.4, 0.5) is 0 Å². The number of carbonyl (C=O) groups is 1. The van der Waals surface area contributed by atoms with Crippen LogP contribution < -0.4 is 5.32 Å². The van der Waals surface area contributed by atoms with Crippen LogP contribution in [0.3, 0.4) is 0 Å². The van der Waals surface area contributed by atoms with Gasteiger partial charge in [0.2, 0.25) is 0 Å². The third-order valence-corrected chi connectivity index (χ3v) is 6.73. The largest absolute Gasteiger partial charge is 0.346 e. The first kappa shape index (κ1) is 19.1. The summed E-state index contributed by atoms with van der Waals surface area (Å²) in [5.41, 5.74) is 2.68. The Hall–Kier alpha value is -1.70. The topological polar surface area (TPSA) is 54.9 Å². The number of benzene rings is 1. The number of thiazole rings is 2. The summed E-state index contributed by atoms with van der Waals surface area (Å²) in [6.07, 6.45) is 0. The van der Waals surface area contributed by atoms with Gasteiger partial charge in [0.05, 0.1) is 27.9 Å². The first-order chi connectivity index (χ1) is 12.5. The number of nitrogens with zero attached hydrogens (tertiary/aromatic N) is 2. The van der Waals surface area contributed by atoms with Gasteiger partial charge in [0, 0.05) is 32.9 Å². The molecule has 0 aliphatic rings. The lowest BCUT2D eigenvalue weighted by molar-refractivity contribution is 0.0950. The standard InChI is InChI=1S/C19H21N3OS3/c1-12(2)19-22-15(9-26-19)8-20-18(23)14-4-6-17(7-5-14)25-11-16-10-24-13(3)21-16/h4-7,9-10,12H,8,11H2,1-3H3,(H,20,23). The van der Waals surface area contributed by atoms with Crippen molar-refractivity contribution in [3.63, 3.8) is 0 Å². The van der Waals surface area contributed by atoms with Gasteiger partial charge < -0.3 is 5.32 Å². The van der Waals surface area contributed by atoms with Crippen LogP contribution in [0.25, 0.3) is 0 Å². The first-order valence-electron chi connectivity index (χ1n) is 8.37. The number of rotatable bonds is 7. The monoisotopic (exact) mass is 403 g/mol. The minimum Gasteiger partial charge on any atom is -0.346 e. The normalized spacial score (nSPS) is 11.1. The zero-order chi connectivity index (χ0) is 18.5. The van der Waals surface area contributed by atoms with Gasteiger partial charge >= 0.3 is 0 Å². The summed E-state index contributed by atoms with van der Waals surface area (Å²) in [6, 6.07) is 7.70. The third kappa shape index (κ3) is 5.16. The molecule has 0 saturated heterocycles. The smallest absolute Gasteiger partial charge is 0.251 e. The molecule has 0 atom stereocenters. The van der Waals surface area contributed by atoms with E-state index in [1.54, 1.807) is 34.4 Å². The molecule has 7 heteroatoms. The lowest BCUT2D eigenvalue weighted by atomic mass is 10.2. The van der Waals surface area contributed by atoms with E-state index in [9.17, 15) is 4.79 Å². The first-order valence-corrected chi connectivity index (χ1v) is 11.1. The molecule has 3 rings (SSSR count). The molecule has 1 N–H and O–H groups in total.